The van der Waals surface area contributed by atoms with Crippen molar-refractivity contribution in [1.82, 2.24) is 24.6 Å². The Morgan fingerprint density at radius 1 is 0.974 bits per heavy atom. The second-order valence-corrected chi connectivity index (χ2v) is 11.0. The summed E-state index contributed by atoms with van der Waals surface area (Å²) in [6.45, 7) is 6.48. The number of carbonyl (C=O) groups is 2. The Hall–Kier alpha value is -3.46. The summed E-state index contributed by atoms with van der Waals surface area (Å²) in [5.74, 6) is -0.0202. The van der Waals surface area contributed by atoms with E-state index in [-0.39, 0.29) is 5.69 Å². The monoisotopic (exact) mass is 516 g/mol. The number of para-hydroxylation sites is 1. The van der Waals surface area contributed by atoms with Gasteiger partial charge < -0.3 is 19.8 Å². The maximum atomic E-state index is 12.1. The van der Waals surface area contributed by atoms with E-state index in [1.54, 1.807) is 6.07 Å². The Morgan fingerprint density at radius 2 is 1.76 bits per heavy atom. The molecule has 0 radical (unpaired) electrons. The number of nitrogens with zero attached hydrogens (tertiary/aromatic N) is 6. The van der Waals surface area contributed by atoms with E-state index in [0.29, 0.717) is 17.5 Å². The number of hydrogen-bond acceptors (Lipinski definition) is 6. The molecule has 3 fully saturated rings. The van der Waals surface area contributed by atoms with Crippen LogP contribution in [0.25, 0.3) is 16.7 Å². The van der Waals surface area contributed by atoms with Gasteiger partial charge in [0.2, 0.25) is 6.41 Å². The van der Waals surface area contributed by atoms with Crippen LogP contribution in [0.1, 0.15) is 60.6 Å². The molecule has 38 heavy (non-hydrogen) atoms. The first-order chi connectivity index (χ1) is 18.6. The zero-order valence-corrected chi connectivity index (χ0v) is 21.8. The van der Waals surface area contributed by atoms with Crippen LogP contribution in [-0.4, -0.2) is 87.9 Å². The molecule has 1 aromatic carbocycles. The van der Waals surface area contributed by atoms with Gasteiger partial charge in [-0.25, -0.2) is 14.5 Å². The van der Waals surface area contributed by atoms with Crippen LogP contribution in [0.4, 0.5) is 5.69 Å². The summed E-state index contributed by atoms with van der Waals surface area (Å²) >= 11 is 0. The fourth-order valence-corrected chi connectivity index (χ4v) is 6.20. The molecule has 200 valence electrons. The van der Waals surface area contributed by atoms with Crippen molar-refractivity contribution in [3.63, 3.8) is 0 Å². The predicted octanol–water partition coefficient (Wildman–Crippen LogP) is 3.77. The molecule has 3 aliphatic rings. The average Bonchev–Trinajstić information content (AvgIpc) is 3.12. The molecule has 6 rings (SSSR count). The lowest BCUT2D eigenvalue weighted by Crippen LogP contribution is -2.40. The summed E-state index contributed by atoms with van der Waals surface area (Å²) in [7, 11) is 0. The minimum absolute atomic E-state index is 0.0659. The predicted molar refractivity (Wildman–Crippen MR) is 146 cm³/mol. The first-order valence-electron chi connectivity index (χ1n) is 14.0. The lowest BCUT2D eigenvalue weighted by molar-refractivity contribution is -0.118. The van der Waals surface area contributed by atoms with Gasteiger partial charge in [0.15, 0.2) is 11.3 Å². The van der Waals surface area contributed by atoms with Crippen molar-refractivity contribution in [1.29, 1.82) is 0 Å². The lowest BCUT2D eigenvalue weighted by atomic mass is 9.81. The Morgan fingerprint density at radius 3 is 2.45 bits per heavy atom. The molecule has 1 amide bonds. The van der Waals surface area contributed by atoms with Crippen molar-refractivity contribution in [2.45, 2.75) is 44.4 Å². The van der Waals surface area contributed by atoms with Gasteiger partial charge in [0.25, 0.3) is 0 Å². The highest BCUT2D eigenvalue weighted by molar-refractivity contribution is 5.98. The van der Waals surface area contributed by atoms with Crippen LogP contribution < -0.4 is 4.90 Å². The highest BCUT2D eigenvalue weighted by Gasteiger charge is 2.31. The molecular weight excluding hydrogens is 480 g/mol. The molecule has 1 aliphatic carbocycles. The fourth-order valence-electron chi connectivity index (χ4n) is 6.20. The number of aromatic nitrogens is 3. The maximum Gasteiger partial charge on any atom is 0.354 e. The highest BCUT2D eigenvalue weighted by Crippen LogP contribution is 2.43. The maximum absolute atomic E-state index is 12.1. The van der Waals surface area contributed by atoms with Gasteiger partial charge in [0.1, 0.15) is 0 Å². The number of benzene rings is 1. The molecule has 0 atom stereocenters. The zero-order valence-electron chi connectivity index (χ0n) is 21.8. The van der Waals surface area contributed by atoms with E-state index in [9.17, 15) is 14.7 Å². The third-order valence-corrected chi connectivity index (χ3v) is 8.60. The Balaban J connectivity index is 1.29. The van der Waals surface area contributed by atoms with Crippen LogP contribution in [0.5, 0.6) is 0 Å². The number of amides is 1. The van der Waals surface area contributed by atoms with Crippen LogP contribution in [-0.2, 0) is 4.79 Å². The number of carboxylic acids is 1. The van der Waals surface area contributed by atoms with Gasteiger partial charge in [-0.3, -0.25) is 4.79 Å². The number of carbonyl (C=O) groups excluding carboxylic acids is 1. The number of hydrogen-bond donors (Lipinski definition) is 1. The SMILES string of the molecule is O=CN1CCCN(CC2CCN(c3cc(C(=O)O)nc4c3c(C3CCC3)nn4-c3ccccc3)CC2)CC1. The van der Waals surface area contributed by atoms with E-state index < -0.39 is 5.97 Å². The van der Waals surface area contributed by atoms with Crippen LogP contribution in [0.15, 0.2) is 36.4 Å². The number of aromatic carboxylic acids is 1. The first-order valence-corrected chi connectivity index (χ1v) is 14.0. The quantitative estimate of drug-likeness (QED) is 0.478. The first kappa shape index (κ1) is 24.9. The largest absolute Gasteiger partial charge is 0.477 e. The third-order valence-electron chi connectivity index (χ3n) is 8.60. The van der Waals surface area contributed by atoms with Gasteiger partial charge in [-0.05, 0) is 62.8 Å². The lowest BCUT2D eigenvalue weighted by Gasteiger charge is -2.36. The van der Waals surface area contributed by atoms with Crippen LogP contribution in [0.3, 0.4) is 0 Å². The van der Waals surface area contributed by atoms with E-state index in [1.807, 2.05) is 39.9 Å². The second kappa shape index (κ2) is 10.7. The van der Waals surface area contributed by atoms with Crippen molar-refractivity contribution in [3.8, 4) is 5.69 Å². The minimum Gasteiger partial charge on any atom is -0.477 e. The third kappa shape index (κ3) is 4.87. The van der Waals surface area contributed by atoms with E-state index in [4.69, 9.17) is 5.10 Å². The molecular formula is C29H36N6O3. The molecule has 2 aliphatic heterocycles. The van der Waals surface area contributed by atoms with Crippen molar-refractivity contribution in [2.24, 2.45) is 5.92 Å². The van der Waals surface area contributed by atoms with Crippen molar-refractivity contribution in [2.75, 3.05) is 50.7 Å². The Labute approximate surface area is 223 Å². The smallest absolute Gasteiger partial charge is 0.354 e. The molecule has 4 heterocycles. The summed E-state index contributed by atoms with van der Waals surface area (Å²) in [6.07, 6.45) is 7.55. The number of piperidine rings is 1. The highest BCUT2D eigenvalue weighted by atomic mass is 16.4. The standard InChI is InChI=1S/C29H36N6O3/c36-20-33-13-5-12-32(16-17-33)19-21-10-14-34(15-11-21)25-18-24(29(37)38)30-28-26(25)27(22-6-4-7-22)31-35(28)23-8-2-1-3-9-23/h1-3,8-9,18,20-22H,4-7,10-17,19H2,(H,37,38). The molecule has 2 aromatic heterocycles. The van der Waals surface area contributed by atoms with Gasteiger partial charge in [-0.15, -0.1) is 0 Å². The average molecular weight is 517 g/mol. The van der Waals surface area contributed by atoms with Crippen molar-refractivity contribution >= 4 is 29.1 Å². The molecule has 0 bridgehead atoms. The summed E-state index contributed by atoms with van der Waals surface area (Å²) in [6, 6.07) is 11.7. The summed E-state index contributed by atoms with van der Waals surface area (Å²) in [5.41, 5.74) is 3.62. The van der Waals surface area contributed by atoms with Crippen molar-refractivity contribution in [3.05, 3.63) is 47.8 Å². The summed E-state index contributed by atoms with van der Waals surface area (Å²) in [5, 5.41) is 16.0. The summed E-state index contributed by atoms with van der Waals surface area (Å²) in [4.78, 5) is 34.7. The molecule has 3 aromatic rings. The normalized spacial score (nSPS) is 19.9. The molecule has 2 saturated heterocycles. The minimum atomic E-state index is -1.01. The summed E-state index contributed by atoms with van der Waals surface area (Å²) < 4.78 is 1.84. The number of carboxylic acid groups (broad SMARTS) is 1. The Kier molecular flexibility index (Phi) is 7.02. The zero-order chi connectivity index (χ0) is 26.1. The van der Waals surface area contributed by atoms with Gasteiger partial charge in [0, 0.05) is 45.2 Å². The van der Waals surface area contributed by atoms with Crippen LogP contribution in [0.2, 0.25) is 0 Å². The molecule has 0 spiro atoms. The van der Waals surface area contributed by atoms with E-state index in [2.05, 4.69) is 14.8 Å². The van der Waals surface area contributed by atoms with Gasteiger partial charge in [0.05, 0.1) is 22.5 Å². The van der Waals surface area contributed by atoms with Crippen molar-refractivity contribution < 1.29 is 14.7 Å². The van der Waals surface area contributed by atoms with E-state index in [0.717, 1.165) is 107 Å². The van der Waals surface area contributed by atoms with E-state index in [1.165, 1.54) is 6.42 Å². The van der Waals surface area contributed by atoms with Gasteiger partial charge >= 0.3 is 5.97 Å². The number of rotatable bonds is 7. The van der Waals surface area contributed by atoms with Crippen LogP contribution in [0, 0.1) is 5.92 Å². The second-order valence-electron chi connectivity index (χ2n) is 11.0. The number of anilines is 1. The molecule has 1 N–H and O–H groups in total. The van der Waals surface area contributed by atoms with E-state index >= 15 is 0 Å². The number of fused-ring (bicyclic) bond motifs is 1. The fraction of sp³-hybridized carbons (Fsp3) is 0.517. The Bertz CT molecular complexity index is 1300. The van der Waals surface area contributed by atoms with Crippen LogP contribution >= 0.6 is 0 Å². The van der Waals surface area contributed by atoms with Gasteiger partial charge in [-0.2, -0.15) is 5.10 Å². The molecule has 1 saturated carbocycles. The molecule has 9 heteroatoms. The topological polar surface area (TPSA) is 94.8 Å². The molecule has 0 unspecified atom stereocenters. The molecule has 9 nitrogen and oxygen atoms in total. The van der Waals surface area contributed by atoms with Gasteiger partial charge in [-0.1, -0.05) is 24.6 Å². The number of pyridine rings is 1.